The fraction of sp³-hybridized carbons (Fsp3) is 0.727. The number of nitrogens with two attached hydrogens (primary N) is 1. The Labute approximate surface area is 115 Å². The highest BCUT2D eigenvalue weighted by molar-refractivity contribution is 5.98. The minimum absolute atomic E-state index is 0.0769. The number of nitrogens with one attached hydrogen (secondary N) is 1. The highest BCUT2D eigenvalue weighted by atomic mass is 16.4. The van der Waals surface area contributed by atoms with Crippen LogP contribution in [0.3, 0.4) is 0 Å². The third-order valence-corrected chi connectivity index (χ3v) is 3.87. The number of β-lactam (4-membered cyclic amide) rings is 1. The third kappa shape index (κ3) is 2.08. The second-order valence-electron chi connectivity index (χ2n) is 5.17. The number of aliphatic hydroxyl groups is 1. The van der Waals surface area contributed by atoms with Gasteiger partial charge >= 0.3 is 6.09 Å². The van der Waals surface area contributed by atoms with Crippen LogP contribution in [0.15, 0.2) is 0 Å². The molecule has 112 valence electrons. The van der Waals surface area contributed by atoms with E-state index in [-0.39, 0.29) is 26.2 Å². The molecule has 0 aromatic heterocycles. The fourth-order valence-corrected chi connectivity index (χ4v) is 2.50. The van der Waals surface area contributed by atoms with Crippen LogP contribution in [0.2, 0.25) is 0 Å². The molecule has 2 fully saturated rings. The van der Waals surface area contributed by atoms with Gasteiger partial charge in [0.25, 0.3) is 0 Å². The topological polar surface area (TPSA) is 136 Å². The SMILES string of the molecule is C[C@@H](O)[C@H](N)C(=O)N1CCN(C(=O)O)CC12CNC2=O. The maximum absolute atomic E-state index is 12.3. The molecular formula is C11H18N4O5. The van der Waals surface area contributed by atoms with E-state index in [0.29, 0.717) is 0 Å². The Bertz CT molecular complexity index is 454. The van der Waals surface area contributed by atoms with E-state index >= 15 is 0 Å². The summed E-state index contributed by atoms with van der Waals surface area (Å²) in [5.41, 5.74) is 4.43. The van der Waals surface area contributed by atoms with Crippen molar-refractivity contribution in [2.24, 2.45) is 5.73 Å². The van der Waals surface area contributed by atoms with Crippen LogP contribution in [0.5, 0.6) is 0 Å². The van der Waals surface area contributed by atoms with Crippen LogP contribution < -0.4 is 11.1 Å². The number of carbonyl (C=O) groups is 3. The minimum atomic E-state index is -1.19. The molecule has 2 heterocycles. The monoisotopic (exact) mass is 286 g/mol. The van der Waals surface area contributed by atoms with Gasteiger partial charge in [0.05, 0.1) is 19.2 Å². The van der Waals surface area contributed by atoms with Gasteiger partial charge in [-0.2, -0.15) is 0 Å². The smallest absolute Gasteiger partial charge is 0.407 e. The predicted molar refractivity (Wildman–Crippen MR) is 66.7 cm³/mol. The van der Waals surface area contributed by atoms with Crippen molar-refractivity contribution < 1.29 is 24.6 Å². The molecule has 5 N–H and O–H groups in total. The minimum Gasteiger partial charge on any atom is -0.465 e. The highest BCUT2D eigenvalue weighted by Gasteiger charge is 2.57. The average molecular weight is 286 g/mol. The molecule has 2 saturated heterocycles. The molecule has 2 rings (SSSR count). The molecule has 0 aliphatic carbocycles. The molecule has 9 heteroatoms. The number of amides is 3. The summed E-state index contributed by atoms with van der Waals surface area (Å²) in [5.74, 6) is -0.936. The van der Waals surface area contributed by atoms with Crippen molar-refractivity contribution in [2.75, 3.05) is 26.2 Å². The first-order chi connectivity index (χ1) is 9.29. The van der Waals surface area contributed by atoms with Gasteiger partial charge in [0.15, 0.2) is 5.54 Å². The van der Waals surface area contributed by atoms with Crippen LogP contribution >= 0.6 is 0 Å². The third-order valence-electron chi connectivity index (χ3n) is 3.87. The van der Waals surface area contributed by atoms with Crippen LogP contribution in [0, 0.1) is 0 Å². The molecule has 1 unspecified atom stereocenters. The second kappa shape index (κ2) is 4.91. The first-order valence-corrected chi connectivity index (χ1v) is 6.31. The molecule has 20 heavy (non-hydrogen) atoms. The van der Waals surface area contributed by atoms with E-state index in [1.807, 2.05) is 0 Å². The van der Waals surface area contributed by atoms with Crippen molar-refractivity contribution in [3.05, 3.63) is 0 Å². The van der Waals surface area contributed by atoms with Crippen molar-refractivity contribution in [1.82, 2.24) is 15.1 Å². The van der Waals surface area contributed by atoms with Crippen LogP contribution in [-0.2, 0) is 9.59 Å². The Balaban J connectivity index is 2.23. The zero-order valence-corrected chi connectivity index (χ0v) is 11.1. The Hall–Kier alpha value is -1.87. The first-order valence-electron chi connectivity index (χ1n) is 6.31. The number of hydrogen-bond acceptors (Lipinski definition) is 5. The Morgan fingerprint density at radius 2 is 2.10 bits per heavy atom. The standard InChI is InChI=1S/C11H18N4O5/c1-6(16)7(12)8(17)15-3-2-14(10(19)20)5-11(15)4-13-9(11)18/h6-7,16H,2-5,12H2,1H3,(H,13,18)(H,19,20)/t6-,7+,11?/m1/s1. The zero-order chi connectivity index (χ0) is 15.1. The molecule has 3 atom stereocenters. The molecule has 0 aromatic carbocycles. The molecule has 0 saturated carbocycles. The molecule has 0 bridgehead atoms. The largest absolute Gasteiger partial charge is 0.465 e. The molecule has 2 aliphatic heterocycles. The van der Waals surface area contributed by atoms with Crippen molar-refractivity contribution in [3.8, 4) is 0 Å². The number of hydrogen-bond donors (Lipinski definition) is 4. The van der Waals surface area contributed by atoms with Gasteiger partial charge < -0.3 is 31.1 Å². The van der Waals surface area contributed by atoms with Crippen LogP contribution in [0.4, 0.5) is 4.79 Å². The number of rotatable bonds is 2. The molecule has 0 radical (unpaired) electrons. The zero-order valence-electron chi connectivity index (χ0n) is 11.1. The maximum Gasteiger partial charge on any atom is 0.407 e. The molecule has 3 amide bonds. The van der Waals surface area contributed by atoms with Crippen molar-refractivity contribution in [1.29, 1.82) is 0 Å². The normalized spacial score (nSPS) is 28.6. The van der Waals surface area contributed by atoms with Gasteiger partial charge in [-0.15, -0.1) is 0 Å². The first kappa shape index (κ1) is 14.5. The molecule has 2 aliphatic rings. The summed E-state index contributed by atoms with van der Waals surface area (Å²) < 4.78 is 0. The summed E-state index contributed by atoms with van der Waals surface area (Å²) in [6.07, 6.45) is -2.17. The van der Waals surface area contributed by atoms with Crippen LogP contribution in [-0.4, -0.2) is 81.8 Å². The summed E-state index contributed by atoms with van der Waals surface area (Å²) >= 11 is 0. The van der Waals surface area contributed by atoms with E-state index in [1.54, 1.807) is 0 Å². The van der Waals surface area contributed by atoms with Gasteiger partial charge in [-0.05, 0) is 6.92 Å². The summed E-state index contributed by atoms with van der Waals surface area (Å²) in [4.78, 5) is 37.6. The number of nitrogens with zero attached hydrogens (tertiary/aromatic N) is 2. The predicted octanol–water partition coefficient (Wildman–Crippen LogP) is -2.61. The molecule has 1 spiro atoms. The van der Waals surface area contributed by atoms with Gasteiger partial charge in [0.2, 0.25) is 11.8 Å². The summed E-state index contributed by atoms with van der Waals surface area (Å²) in [6, 6.07) is -1.13. The number of carbonyl (C=O) groups excluding carboxylic acids is 2. The Kier molecular flexibility index (Phi) is 3.57. The summed E-state index contributed by atoms with van der Waals surface area (Å²) in [7, 11) is 0. The lowest BCUT2D eigenvalue weighted by atomic mass is 9.85. The van der Waals surface area contributed by atoms with Gasteiger partial charge in [0.1, 0.15) is 6.04 Å². The maximum atomic E-state index is 12.3. The summed E-state index contributed by atoms with van der Waals surface area (Å²) in [6.45, 7) is 1.70. The van der Waals surface area contributed by atoms with Gasteiger partial charge in [-0.1, -0.05) is 0 Å². The second-order valence-corrected chi connectivity index (χ2v) is 5.17. The molecule has 9 nitrogen and oxygen atoms in total. The molecule has 0 aromatic rings. The van der Waals surface area contributed by atoms with Crippen molar-refractivity contribution in [3.63, 3.8) is 0 Å². The van der Waals surface area contributed by atoms with E-state index in [9.17, 15) is 19.5 Å². The van der Waals surface area contributed by atoms with E-state index in [2.05, 4.69) is 5.32 Å². The van der Waals surface area contributed by atoms with Gasteiger partial charge in [0, 0.05) is 13.1 Å². The van der Waals surface area contributed by atoms with Crippen LogP contribution in [0.25, 0.3) is 0 Å². The van der Waals surface area contributed by atoms with E-state index in [1.165, 1.54) is 11.8 Å². The Morgan fingerprint density at radius 3 is 2.50 bits per heavy atom. The average Bonchev–Trinajstić information content (AvgIpc) is 2.42. The van der Waals surface area contributed by atoms with E-state index < -0.39 is 35.6 Å². The van der Waals surface area contributed by atoms with Crippen LogP contribution in [0.1, 0.15) is 6.92 Å². The fourth-order valence-electron chi connectivity index (χ4n) is 2.50. The molecular weight excluding hydrogens is 268 g/mol. The lowest BCUT2D eigenvalue weighted by Crippen LogP contribution is -2.81. The quantitative estimate of drug-likeness (QED) is 0.410. The van der Waals surface area contributed by atoms with Crippen molar-refractivity contribution >= 4 is 17.9 Å². The Morgan fingerprint density at radius 1 is 1.45 bits per heavy atom. The number of piperazine rings is 1. The lowest BCUT2D eigenvalue weighted by Gasteiger charge is -2.54. The summed E-state index contributed by atoms with van der Waals surface area (Å²) in [5, 5.41) is 21.0. The van der Waals surface area contributed by atoms with E-state index in [0.717, 1.165) is 4.90 Å². The van der Waals surface area contributed by atoms with Gasteiger partial charge in [-0.25, -0.2) is 4.79 Å². The highest BCUT2D eigenvalue weighted by Crippen LogP contribution is 2.28. The van der Waals surface area contributed by atoms with E-state index in [4.69, 9.17) is 10.8 Å². The van der Waals surface area contributed by atoms with Crippen molar-refractivity contribution in [2.45, 2.75) is 24.6 Å². The number of aliphatic hydroxyl groups excluding tert-OH is 1. The van der Waals surface area contributed by atoms with Gasteiger partial charge in [-0.3, -0.25) is 9.59 Å². The number of carboxylic acid groups (broad SMARTS) is 1. The lowest BCUT2D eigenvalue weighted by molar-refractivity contribution is -0.163.